The van der Waals surface area contributed by atoms with Crippen molar-refractivity contribution < 1.29 is 36.8 Å². The van der Waals surface area contributed by atoms with Crippen molar-refractivity contribution in [3.05, 3.63) is 60.2 Å². The molecule has 0 bridgehead atoms. The van der Waals surface area contributed by atoms with Crippen LogP contribution in [0.3, 0.4) is 0 Å². The van der Waals surface area contributed by atoms with Crippen LogP contribution >= 0.6 is 0 Å². The zero-order valence-electron chi connectivity index (χ0n) is 15.1. The number of alkyl halides is 3. The molecule has 1 fully saturated rings. The van der Waals surface area contributed by atoms with Crippen LogP contribution in [0.5, 0.6) is 0 Å². The molecule has 2 aromatic rings. The zero-order valence-corrected chi connectivity index (χ0v) is 15.1. The predicted molar refractivity (Wildman–Crippen MR) is 94.6 cm³/mol. The van der Waals surface area contributed by atoms with Crippen LogP contribution in [-0.2, 0) is 14.4 Å². The van der Waals surface area contributed by atoms with Crippen LogP contribution in [-0.4, -0.2) is 52.1 Å². The van der Waals surface area contributed by atoms with Gasteiger partial charge in [0, 0.05) is 18.3 Å². The van der Waals surface area contributed by atoms with Crippen LogP contribution in [0.4, 0.5) is 22.4 Å². The van der Waals surface area contributed by atoms with Gasteiger partial charge in [0.2, 0.25) is 0 Å². The number of benzene rings is 1. The van der Waals surface area contributed by atoms with E-state index in [2.05, 4.69) is 9.82 Å². The third kappa shape index (κ3) is 4.80. The minimum atomic E-state index is -5.29. The van der Waals surface area contributed by atoms with Crippen molar-refractivity contribution >= 4 is 24.0 Å². The van der Waals surface area contributed by atoms with Crippen LogP contribution in [0.1, 0.15) is 5.69 Å². The van der Waals surface area contributed by atoms with Gasteiger partial charge in [0.25, 0.3) is 5.91 Å². The number of carbonyl (C=O) groups is 3. The molecule has 0 spiro atoms. The summed E-state index contributed by atoms with van der Waals surface area (Å²) in [4.78, 5) is 43.3. The molecule has 1 aromatic heterocycles. The molecular formula is C19H13F4N3O4. The molecule has 0 radical (unpaired) electrons. The van der Waals surface area contributed by atoms with Gasteiger partial charge in [-0.2, -0.15) is 13.2 Å². The van der Waals surface area contributed by atoms with Gasteiger partial charge in [0.1, 0.15) is 12.4 Å². The van der Waals surface area contributed by atoms with Crippen molar-refractivity contribution in [3.63, 3.8) is 0 Å². The van der Waals surface area contributed by atoms with Crippen LogP contribution in [0, 0.1) is 5.82 Å². The number of hydrogen-bond acceptors (Lipinski definition) is 5. The molecule has 156 valence electrons. The third-order valence-electron chi connectivity index (χ3n) is 3.99. The van der Waals surface area contributed by atoms with Gasteiger partial charge in [-0.25, -0.2) is 14.0 Å². The van der Waals surface area contributed by atoms with E-state index in [4.69, 9.17) is 0 Å². The summed E-state index contributed by atoms with van der Waals surface area (Å²) < 4.78 is 49.6. The van der Waals surface area contributed by atoms with Crippen molar-refractivity contribution in [2.45, 2.75) is 6.18 Å². The molecule has 0 atom stereocenters. The van der Waals surface area contributed by atoms with Gasteiger partial charge in [-0.15, -0.1) is 5.06 Å². The lowest BCUT2D eigenvalue weighted by atomic mass is 10.1. The summed E-state index contributed by atoms with van der Waals surface area (Å²) in [6.07, 6.45) is -0.829. The Morgan fingerprint density at radius 3 is 2.37 bits per heavy atom. The van der Waals surface area contributed by atoms with E-state index in [1.807, 2.05) is 0 Å². The van der Waals surface area contributed by atoms with Gasteiger partial charge < -0.3 is 4.84 Å². The number of hydrogen-bond donors (Lipinski definition) is 0. The van der Waals surface area contributed by atoms with E-state index in [1.54, 1.807) is 30.5 Å². The summed E-state index contributed by atoms with van der Waals surface area (Å²) in [6, 6.07) is 8.06. The summed E-state index contributed by atoms with van der Waals surface area (Å²) in [5.74, 6) is -3.77. The number of imide groups is 1. The second kappa shape index (κ2) is 8.31. The highest BCUT2D eigenvalue weighted by Gasteiger charge is 2.46. The molecule has 0 unspecified atom stereocenters. The lowest BCUT2D eigenvalue weighted by Gasteiger charge is -2.15. The number of halogens is 4. The Balaban J connectivity index is 1.59. The van der Waals surface area contributed by atoms with Crippen LogP contribution in [0.15, 0.2) is 48.7 Å². The Hall–Kier alpha value is -3.76. The molecule has 1 aromatic carbocycles. The van der Waals surface area contributed by atoms with Crippen LogP contribution in [0.25, 0.3) is 17.2 Å². The van der Waals surface area contributed by atoms with E-state index in [0.29, 0.717) is 10.6 Å². The van der Waals surface area contributed by atoms with E-state index in [9.17, 15) is 31.9 Å². The Bertz CT molecular complexity index is 988. The van der Waals surface area contributed by atoms with Crippen molar-refractivity contribution in [2.75, 3.05) is 13.1 Å². The first kappa shape index (κ1) is 21.0. The monoisotopic (exact) mass is 423 g/mol. The molecule has 30 heavy (non-hydrogen) atoms. The fourth-order valence-corrected chi connectivity index (χ4v) is 2.52. The van der Waals surface area contributed by atoms with Gasteiger partial charge in [0.05, 0.1) is 5.69 Å². The number of hydroxylamine groups is 2. The SMILES string of the molecule is O=C1CN(OC(=O)C(F)(F)F)C(=O)N1CC=Cc1ccc(-c2ccc(F)cc2)cn1. The maximum absolute atomic E-state index is 13.0. The molecule has 1 aliphatic heterocycles. The van der Waals surface area contributed by atoms with Gasteiger partial charge in [-0.1, -0.05) is 24.3 Å². The average molecular weight is 423 g/mol. The number of amides is 3. The van der Waals surface area contributed by atoms with Gasteiger partial charge >= 0.3 is 18.2 Å². The highest BCUT2D eigenvalue weighted by atomic mass is 19.4. The molecule has 0 N–H and O–H groups in total. The van der Waals surface area contributed by atoms with Crippen molar-refractivity contribution in [2.24, 2.45) is 0 Å². The van der Waals surface area contributed by atoms with Crippen LogP contribution < -0.4 is 0 Å². The second-order valence-electron chi connectivity index (χ2n) is 6.08. The lowest BCUT2D eigenvalue weighted by molar-refractivity contribution is -0.226. The average Bonchev–Trinajstić information content (AvgIpc) is 2.96. The standard InChI is InChI=1S/C19H13F4N3O4/c20-14-6-3-12(4-7-14)13-5-8-15(24-10-13)2-1-9-25-16(27)11-26(18(25)29)30-17(28)19(21,22)23/h1-8,10H,9,11H2. The van der Waals surface area contributed by atoms with E-state index < -0.39 is 30.6 Å². The normalized spacial score (nSPS) is 14.7. The summed E-state index contributed by atoms with van der Waals surface area (Å²) in [5, 5.41) is 0.0573. The van der Waals surface area contributed by atoms with Crippen molar-refractivity contribution in [3.8, 4) is 11.1 Å². The molecule has 0 saturated carbocycles. The maximum atomic E-state index is 13.0. The molecule has 7 nitrogen and oxygen atoms in total. The van der Waals surface area contributed by atoms with E-state index >= 15 is 0 Å². The van der Waals surface area contributed by atoms with Gasteiger partial charge in [0.15, 0.2) is 0 Å². The number of nitrogens with zero attached hydrogens (tertiary/aromatic N) is 3. The van der Waals surface area contributed by atoms with E-state index in [0.717, 1.165) is 11.1 Å². The Kier molecular flexibility index (Phi) is 5.81. The Morgan fingerprint density at radius 2 is 1.77 bits per heavy atom. The minimum Gasteiger partial charge on any atom is -0.328 e. The first-order valence-electron chi connectivity index (χ1n) is 8.44. The summed E-state index contributed by atoms with van der Waals surface area (Å²) in [6.45, 7) is -1.06. The van der Waals surface area contributed by atoms with Gasteiger partial charge in [-0.05, 0) is 29.8 Å². The Morgan fingerprint density at radius 1 is 1.10 bits per heavy atom. The maximum Gasteiger partial charge on any atom is 0.493 e. The highest BCUT2D eigenvalue weighted by Crippen LogP contribution is 2.21. The molecule has 0 aliphatic carbocycles. The molecule has 11 heteroatoms. The number of carbonyl (C=O) groups excluding carboxylic acids is 3. The predicted octanol–water partition coefficient (Wildman–Crippen LogP) is 3.19. The molecule has 3 rings (SSSR count). The topological polar surface area (TPSA) is 79.8 Å². The summed E-state index contributed by atoms with van der Waals surface area (Å²) in [5.41, 5.74) is 2.00. The summed E-state index contributed by atoms with van der Waals surface area (Å²) >= 11 is 0. The van der Waals surface area contributed by atoms with E-state index in [-0.39, 0.29) is 17.4 Å². The molecule has 1 aliphatic rings. The zero-order chi connectivity index (χ0) is 21.9. The number of aromatic nitrogens is 1. The molecule has 3 amide bonds. The van der Waals surface area contributed by atoms with E-state index in [1.165, 1.54) is 24.3 Å². The van der Waals surface area contributed by atoms with Crippen molar-refractivity contribution in [1.82, 2.24) is 14.9 Å². The molecular weight excluding hydrogens is 410 g/mol. The van der Waals surface area contributed by atoms with Crippen LogP contribution in [0.2, 0.25) is 0 Å². The second-order valence-corrected chi connectivity index (χ2v) is 6.08. The smallest absolute Gasteiger partial charge is 0.328 e. The quantitative estimate of drug-likeness (QED) is 0.545. The first-order valence-corrected chi connectivity index (χ1v) is 8.44. The number of urea groups is 1. The molecule has 2 heterocycles. The highest BCUT2D eigenvalue weighted by molar-refractivity contribution is 6.02. The molecule has 1 saturated heterocycles. The number of rotatable bonds is 5. The Labute approximate surface area is 167 Å². The number of pyridine rings is 1. The summed E-state index contributed by atoms with van der Waals surface area (Å²) in [7, 11) is 0. The largest absolute Gasteiger partial charge is 0.493 e. The van der Waals surface area contributed by atoms with Gasteiger partial charge in [-0.3, -0.25) is 14.7 Å². The fourth-order valence-electron chi connectivity index (χ4n) is 2.52. The fraction of sp³-hybridized carbons (Fsp3) is 0.158. The first-order chi connectivity index (χ1) is 14.1. The lowest BCUT2D eigenvalue weighted by Crippen LogP contribution is -2.38. The minimum absolute atomic E-state index is 0.0573. The third-order valence-corrected chi connectivity index (χ3v) is 3.99. The van der Waals surface area contributed by atoms with Crippen molar-refractivity contribution in [1.29, 1.82) is 0 Å².